The number of H-pyrrole nitrogens is 1. The summed E-state index contributed by atoms with van der Waals surface area (Å²) in [4.78, 5) is 36.3. The fraction of sp³-hybridized carbons (Fsp3) is 0.417. The zero-order chi connectivity index (χ0) is 25.8. The van der Waals surface area contributed by atoms with Gasteiger partial charge in [0.1, 0.15) is 17.7 Å². The maximum Gasteiger partial charge on any atom is 0.405 e. The minimum Gasteiger partial charge on any atom is -0.352 e. The van der Waals surface area contributed by atoms with Gasteiger partial charge in [-0.2, -0.15) is 13.2 Å². The van der Waals surface area contributed by atoms with Crippen LogP contribution in [0.4, 0.5) is 13.2 Å². The Balaban J connectivity index is 1.94. The number of alkyl halides is 3. The Kier molecular flexibility index (Phi) is 7.79. The Bertz CT molecular complexity index is 1210. The Hall–Kier alpha value is -3.47. The number of nitrogens with one attached hydrogen (secondary N) is 3. The monoisotopic (exact) mass is 490 g/mol. The molecule has 3 aromatic heterocycles. The number of fused-ring (bicyclic) bond motifs is 1. The van der Waals surface area contributed by atoms with E-state index in [1.54, 1.807) is 38.5 Å². The lowest BCUT2D eigenvalue weighted by Gasteiger charge is -2.32. The first-order valence-corrected chi connectivity index (χ1v) is 11.3. The summed E-state index contributed by atoms with van der Waals surface area (Å²) in [5.41, 5.74) is 7.72. The lowest BCUT2D eigenvalue weighted by molar-refractivity contribution is -0.143. The highest BCUT2D eigenvalue weighted by molar-refractivity contribution is 5.94. The highest BCUT2D eigenvalue weighted by Crippen LogP contribution is 2.33. The Morgan fingerprint density at radius 3 is 2.54 bits per heavy atom. The van der Waals surface area contributed by atoms with Crippen LogP contribution in [0.25, 0.3) is 22.2 Å². The number of hydrogen-bond acceptors (Lipinski definition) is 5. The van der Waals surface area contributed by atoms with Crippen LogP contribution in [0.5, 0.6) is 0 Å². The lowest BCUT2D eigenvalue weighted by Crippen LogP contribution is -2.56. The number of nitrogens with two attached hydrogens (primary N) is 1. The lowest BCUT2D eigenvalue weighted by atomic mass is 9.80. The van der Waals surface area contributed by atoms with Crippen molar-refractivity contribution in [2.24, 2.45) is 11.7 Å². The highest BCUT2D eigenvalue weighted by Gasteiger charge is 2.41. The van der Waals surface area contributed by atoms with Crippen LogP contribution in [0, 0.1) is 5.92 Å². The van der Waals surface area contributed by atoms with Gasteiger partial charge in [-0.25, -0.2) is 4.98 Å². The molecule has 0 aliphatic carbocycles. The maximum atomic E-state index is 12.8. The zero-order valence-electron chi connectivity index (χ0n) is 19.8. The van der Waals surface area contributed by atoms with E-state index in [1.165, 1.54) is 6.20 Å². The van der Waals surface area contributed by atoms with Crippen molar-refractivity contribution in [3.63, 3.8) is 0 Å². The summed E-state index contributed by atoms with van der Waals surface area (Å²) in [7, 11) is 0. The molecule has 3 heterocycles. The van der Waals surface area contributed by atoms with Crippen molar-refractivity contribution in [3.8, 4) is 11.1 Å². The summed E-state index contributed by atoms with van der Waals surface area (Å²) in [5, 5.41) is 5.51. The van der Waals surface area contributed by atoms with Gasteiger partial charge in [0.25, 0.3) is 0 Å². The number of aromatic amines is 1. The van der Waals surface area contributed by atoms with Crippen LogP contribution in [-0.4, -0.2) is 39.5 Å². The number of rotatable bonds is 9. The van der Waals surface area contributed by atoms with Crippen molar-refractivity contribution in [3.05, 3.63) is 48.0 Å². The summed E-state index contributed by atoms with van der Waals surface area (Å²) in [5.74, 6) is -1.50. The second kappa shape index (κ2) is 10.4. The standard InChI is InChI=1S/C24H29F3N6O2/c1-4-5-20(34)30-8-15-6-18-19(12-32-21(18)31-9-15)16-7-17(11-29-10-16)24(28,14(2)3)22(35)33-13-23(25,26)27/h6-7,9-12,14H,4-5,8,13,28H2,1-3H3,(H,30,34)(H,31,32)(H,33,35)/t24-/m1/s1. The molecule has 188 valence electrons. The van der Waals surface area contributed by atoms with Gasteiger partial charge < -0.3 is 21.4 Å². The normalized spacial score (nSPS) is 13.6. The van der Waals surface area contributed by atoms with Crippen LogP contribution in [0.15, 0.2) is 36.9 Å². The number of nitrogens with zero attached hydrogens (tertiary/aromatic N) is 2. The summed E-state index contributed by atoms with van der Waals surface area (Å²) >= 11 is 0. The number of pyridine rings is 2. The van der Waals surface area contributed by atoms with Crippen molar-refractivity contribution in [1.29, 1.82) is 0 Å². The van der Waals surface area contributed by atoms with Crippen LogP contribution in [-0.2, 0) is 21.7 Å². The van der Waals surface area contributed by atoms with E-state index in [0.717, 1.165) is 22.9 Å². The minimum atomic E-state index is -4.56. The van der Waals surface area contributed by atoms with Crippen molar-refractivity contribution in [2.45, 2.75) is 51.9 Å². The second-order valence-electron chi connectivity index (χ2n) is 8.75. The molecule has 11 heteroatoms. The smallest absolute Gasteiger partial charge is 0.352 e. The Labute approximate surface area is 200 Å². The molecular weight excluding hydrogens is 461 g/mol. The van der Waals surface area contributed by atoms with Gasteiger partial charge in [0.15, 0.2) is 0 Å². The summed E-state index contributed by atoms with van der Waals surface area (Å²) < 4.78 is 38.0. The predicted octanol–water partition coefficient (Wildman–Crippen LogP) is 3.53. The van der Waals surface area contributed by atoms with E-state index in [0.29, 0.717) is 24.2 Å². The van der Waals surface area contributed by atoms with E-state index in [2.05, 4.69) is 20.3 Å². The Morgan fingerprint density at radius 2 is 1.89 bits per heavy atom. The SMILES string of the molecule is CCCC(=O)NCc1cnc2[nH]cc(-c3cncc([C@@](N)(C(=O)NCC(F)(F)F)C(C)C)c3)c2c1. The van der Waals surface area contributed by atoms with Crippen LogP contribution in [0.3, 0.4) is 0 Å². The number of hydrogen-bond donors (Lipinski definition) is 4. The molecule has 8 nitrogen and oxygen atoms in total. The molecule has 0 fully saturated rings. The van der Waals surface area contributed by atoms with Crippen LogP contribution < -0.4 is 16.4 Å². The van der Waals surface area contributed by atoms with Gasteiger partial charge in [-0.15, -0.1) is 0 Å². The average Bonchev–Trinajstić information content (AvgIpc) is 3.23. The number of aromatic nitrogens is 3. The van der Waals surface area contributed by atoms with E-state index in [1.807, 2.05) is 18.3 Å². The molecule has 5 N–H and O–H groups in total. The van der Waals surface area contributed by atoms with Crippen molar-refractivity contribution >= 4 is 22.8 Å². The van der Waals surface area contributed by atoms with Crippen LogP contribution >= 0.6 is 0 Å². The number of amides is 2. The van der Waals surface area contributed by atoms with Gasteiger partial charge in [0.05, 0.1) is 0 Å². The zero-order valence-corrected chi connectivity index (χ0v) is 19.8. The van der Waals surface area contributed by atoms with Gasteiger partial charge in [-0.1, -0.05) is 20.8 Å². The molecule has 0 aliphatic rings. The fourth-order valence-electron chi connectivity index (χ4n) is 3.77. The van der Waals surface area contributed by atoms with Gasteiger partial charge in [0.2, 0.25) is 11.8 Å². The molecule has 0 saturated carbocycles. The van der Waals surface area contributed by atoms with Crippen molar-refractivity contribution < 1.29 is 22.8 Å². The van der Waals surface area contributed by atoms with Crippen molar-refractivity contribution in [1.82, 2.24) is 25.6 Å². The quantitative estimate of drug-likeness (QED) is 0.365. The van der Waals surface area contributed by atoms with Gasteiger partial charge >= 0.3 is 6.18 Å². The van der Waals surface area contributed by atoms with Crippen LogP contribution in [0.1, 0.15) is 44.7 Å². The van der Waals surface area contributed by atoms with Gasteiger partial charge in [-0.05, 0) is 30.0 Å². The molecule has 3 aromatic rings. The Morgan fingerprint density at radius 1 is 1.14 bits per heavy atom. The van der Waals surface area contributed by atoms with E-state index >= 15 is 0 Å². The molecule has 0 bridgehead atoms. The first-order valence-electron chi connectivity index (χ1n) is 11.3. The summed E-state index contributed by atoms with van der Waals surface area (Å²) in [6.45, 7) is 4.10. The van der Waals surface area contributed by atoms with Gasteiger partial charge in [0, 0.05) is 59.8 Å². The third-order valence-electron chi connectivity index (χ3n) is 5.82. The second-order valence-corrected chi connectivity index (χ2v) is 8.75. The molecule has 2 amide bonds. The first-order chi connectivity index (χ1) is 16.5. The maximum absolute atomic E-state index is 12.8. The van der Waals surface area contributed by atoms with E-state index < -0.39 is 30.1 Å². The molecule has 0 unspecified atom stereocenters. The fourth-order valence-corrected chi connectivity index (χ4v) is 3.77. The molecule has 1 atom stereocenters. The van der Waals surface area contributed by atoms with E-state index in [-0.39, 0.29) is 11.5 Å². The number of halogens is 3. The number of carbonyl (C=O) groups excluding carboxylic acids is 2. The highest BCUT2D eigenvalue weighted by atomic mass is 19.4. The van der Waals surface area contributed by atoms with Crippen LogP contribution in [0.2, 0.25) is 0 Å². The van der Waals surface area contributed by atoms with E-state index in [4.69, 9.17) is 5.73 Å². The molecule has 0 aromatic carbocycles. The molecule has 0 aliphatic heterocycles. The third kappa shape index (κ3) is 5.97. The summed E-state index contributed by atoms with van der Waals surface area (Å²) in [6, 6.07) is 3.54. The molecule has 35 heavy (non-hydrogen) atoms. The minimum absolute atomic E-state index is 0.0458. The molecule has 0 radical (unpaired) electrons. The molecule has 0 saturated heterocycles. The molecule has 3 rings (SSSR count). The first kappa shape index (κ1) is 26.1. The number of carbonyl (C=O) groups is 2. The van der Waals surface area contributed by atoms with Gasteiger partial charge in [-0.3, -0.25) is 14.6 Å². The molecule has 0 spiro atoms. The largest absolute Gasteiger partial charge is 0.405 e. The predicted molar refractivity (Wildman–Crippen MR) is 126 cm³/mol. The van der Waals surface area contributed by atoms with E-state index in [9.17, 15) is 22.8 Å². The topological polar surface area (TPSA) is 126 Å². The average molecular weight is 491 g/mol. The third-order valence-corrected chi connectivity index (χ3v) is 5.82. The van der Waals surface area contributed by atoms with Crippen molar-refractivity contribution in [2.75, 3.05) is 6.54 Å². The molecular formula is C24H29F3N6O2. The summed E-state index contributed by atoms with van der Waals surface area (Å²) in [6.07, 6.45) is 3.00.